The molecule has 88 valence electrons. The molecule has 3 aromatic rings. The van der Waals surface area contributed by atoms with Gasteiger partial charge < -0.3 is 0 Å². The Morgan fingerprint density at radius 2 is 2.00 bits per heavy atom. The first-order valence-corrected chi connectivity index (χ1v) is 6.39. The SMILES string of the molecule is O=Cc1cc(-n2cc(-c3ccccc3)cn2)cs1. The molecule has 0 fully saturated rings. The maximum atomic E-state index is 10.7. The molecule has 0 radical (unpaired) electrons. The van der Waals surface area contributed by atoms with Crippen molar-refractivity contribution in [2.24, 2.45) is 0 Å². The van der Waals surface area contributed by atoms with Gasteiger partial charge in [0.1, 0.15) is 0 Å². The van der Waals surface area contributed by atoms with E-state index in [0.29, 0.717) is 4.88 Å². The third-order valence-electron chi connectivity index (χ3n) is 2.68. The van der Waals surface area contributed by atoms with Gasteiger partial charge in [-0.15, -0.1) is 11.3 Å². The number of rotatable bonds is 3. The van der Waals surface area contributed by atoms with E-state index >= 15 is 0 Å². The summed E-state index contributed by atoms with van der Waals surface area (Å²) in [5.74, 6) is 0. The summed E-state index contributed by atoms with van der Waals surface area (Å²) in [5, 5.41) is 6.24. The lowest BCUT2D eigenvalue weighted by molar-refractivity contribution is 0.112. The van der Waals surface area contributed by atoms with Gasteiger partial charge in [0.25, 0.3) is 0 Å². The van der Waals surface area contributed by atoms with Gasteiger partial charge in [0.2, 0.25) is 0 Å². The minimum absolute atomic E-state index is 0.710. The van der Waals surface area contributed by atoms with Crippen LogP contribution >= 0.6 is 11.3 Å². The van der Waals surface area contributed by atoms with Crippen LogP contribution in [-0.2, 0) is 0 Å². The van der Waals surface area contributed by atoms with Crippen molar-refractivity contribution in [3.63, 3.8) is 0 Å². The highest BCUT2D eigenvalue weighted by Gasteiger charge is 2.05. The van der Waals surface area contributed by atoms with Gasteiger partial charge in [-0.05, 0) is 11.6 Å². The molecule has 0 bridgehead atoms. The number of nitrogens with zero attached hydrogens (tertiary/aromatic N) is 2. The number of hydrogen-bond acceptors (Lipinski definition) is 3. The summed E-state index contributed by atoms with van der Waals surface area (Å²) in [7, 11) is 0. The fourth-order valence-electron chi connectivity index (χ4n) is 1.77. The van der Waals surface area contributed by atoms with Crippen LogP contribution in [0.5, 0.6) is 0 Å². The molecule has 18 heavy (non-hydrogen) atoms. The van der Waals surface area contributed by atoms with E-state index in [1.165, 1.54) is 11.3 Å². The van der Waals surface area contributed by atoms with Crippen molar-refractivity contribution in [1.29, 1.82) is 0 Å². The Morgan fingerprint density at radius 3 is 2.72 bits per heavy atom. The van der Waals surface area contributed by atoms with Gasteiger partial charge in [-0.2, -0.15) is 5.10 Å². The van der Waals surface area contributed by atoms with Gasteiger partial charge in [0.15, 0.2) is 6.29 Å². The molecule has 0 amide bonds. The summed E-state index contributed by atoms with van der Waals surface area (Å²) in [6.07, 6.45) is 4.65. The van der Waals surface area contributed by atoms with E-state index in [1.807, 2.05) is 54.2 Å². The summed E-state index contributed by atoms with van der Waals surface area (Å²) in [6, 6.07) is 11.9. The predicted octanol–water partition coefficient (Wildman–Crippen LogP) is 3.41. The minimum atomic E-state index is 0.710. The molecule has 0 atom stereocenters. The van der Waals surface area contributed by atoms with Gasteiger partial charge >= 0.3 is 0 Å². The number of carbonyl (C=O) groups is 1. The lowest BCUT2D eigenvalue weighted by Gasteiger charge is -1.96. The largest absolute Gasteiger partial charge is 0.297 e. The summed E-state index contributed by atoms with van der Waals surface area (Å²) in [5.41, 5.74) is 3.12. The lowest BCUT2D eigenvalue weighted by atomic mass is 10.1. The fraction of sp³-hybridized carbons (Fsp3) is 0. The van der Waals surface area contributed by atoms with Crippen LogP contribution in [0.25, 0.3) is 16.8 Å². The number of benzene rings is 1. The van der Waals surface area contributed by atoms with Crippen molar-refractivity contribution in [3.8, 4) is 16.8 Å². The molecule has 0 aliphatic carbocycles. The molecule has 0 aliphatic heterocycles. The average Bonchev–Trinajstić information content (AvgIpc) is 3.08. The molecule has 4 heteroatoms. The third-order valence-corrected chi connectivity index (χ3v) is 3.52. The summed E-state index contributed by atoms with van der Waals surface area (Å²) in [6.45, 7) is 0. The molecule has 0 N–H and O–H groups in total. The number of aldehydes is 1. The standard InChI is InChI=1S/C14H10N2OS/c17-9-14-6-13(10-18-14)16-8-12(7-15-16)11-4-2-1-3-5-11/h1-10H. The van der Waals surface area contributed by atoms with Crippen molar-refractivity contribution < 1.29 is 4.79 Å². The first-order valence-electron chi connectivity index (χ1n) is 5.51. The second-order valence-electron chi connectivity index (χ2n) is 3.86. The third kappa shape index (κ3) is 1.98. The highest BCUT2D eigenvalue weighted by atomic mass is 32.1. The molecule has 0 spiro atoms. The molecule has 0 aliphatic rings. The molecule has 3 nitrogen and oxygen atoms in total. The lowest BCUT2D eigenvalue weighted by Crippen LogP contribution is -1.90. The Balaban J connectivity index is 1.96. The fourth-order valence-corrected chi connectivity index (χ4v) is 2.45. The Kier molecular flexibility index (Phi) is 2.78. The van der Waals surface area contributed by atoms with Gasteiger partial charge in [0, 0.05) is 17.1 Å². The van der Waals surface area contributed by atoms with Crippen LogP contribution in [0.1, 0.15) is 9.67 Å². The molecule has 0 unspecified atom stereocenters. The number of aromatic nitrogens is 2. The highest BCUT2D eigenvalue weighted by Crippen LogP contribution is 2.21. The zero-order chi connectivity index (χ0) is 12.4. The van der Waals surface area contributed by atoms with Crippen LogP contribution in [0.2, 0.25) is 0 Å². The Bertz CT molecular complexity index is 670. The molecule has 1 aromatic carbocycles. The van der Waals surface area contributed by atoms with Crippen molar-refractivity contribution in [2.75, 3.05) is 0 Å². The highest BCUT2D eigenvalue weighted by molar-refractivity contribution is 7.12. The second kappa shape index (κ2) is 4.58. The van der Waals surface area contributed by atoms with Crippen LogP contribution < -0.4 is 0 Å². The van der Waals surface area contributed by atoms with Gasteiger partial charge in [-0.3, -0.25) is 4.79 Å². The van der Waals surface area contributed by atoms with E-state index < -0.39 is 0 Å². The Hall–Kier alpha value is -2.20. The summed E-state index contributed by atoms with van der Waals surface area (Å²) in [4.78, 5) is 11.4. The monoisotopic (exact) mass is 254 g/mol. The summed E-state index contributed by atoms with van der Waals surface area (Å²) >= 11 is 1.42. The maximum Gasteiger partial charge on any atom is 0.160 e. The first kappa shape index (κ1) is 10.9. The van der Waals surface area contributed by atoms with Crippen molar-refractivity contribution >= 4 is 17.6 Å². The van der Waals surface area contributed by atoms with Crippen LogP contribution in [0.15, 0.2) is 54.2 Å². The van der Waals surface area contributed by atoms with Crippen LogP contribution in [0.4, 0.5) is 0 Å². The number of carbonyl (C=O) groups excluding carboxylic acids is 1. The van der Waals surface area contributed by atoms with E-state index in [-0.39, 0.29) is 0 Å². The normalized spacial score (nSPS) is 10.4. The van der Waals surface area contributed by atoms with Crippen molar-refractivity contribution in [3.05, 3.63) is 59.0 Å². The van der Waals surface area contributed by atoms with Crippen molar-refractivity contribution in [1.82, 2.24) is 9.78 Å². The smallest absolute Gasteiger partial charge is 0.160 e. The summed E-state index contributed by atoms with van der Waals surface area (Å²) < 4.78 is 1.78. The van der Waals surface area contributed by atoms with Crippen LogP contribution in [0, 0.1) is 0 Å². The van der Waals surface area contributed by atoms with Gasteiger partial charge in [0.05, 0.1) is 16.8 Å². The van der Waals surface area contributed by atoms with Crippen LogP contribution in [-0.4, -0.2) is 16.1 Å². The first-order chi connectivity index (χ1) is 8.86. The van der Waals surface area contributed by atoms with Gasteiger partial charge in [-0.1, -0.05) is 30.3 Å². The predicted molar refractivity (Wildman–Crippen MR) is 72.3 cm³/mol. The molecular formula is C14H10N2OS. The molecule has 0 saturated heterocycles. The maximum absolute atomic E-state index is 10.7. The van der Waals surface area contributed by atoms with Crippen LogP contribution in [0.3, 0.4) is 0 Å². The van der Waals surface area contributed by atoms with E-state index in [0.717, 1.165) is 23.1 Å². The van der Waals surface area contributed by atoms with E-state index in [2.05, 4.69) is 5.10 Å². The number of hydrogen-bond donors (Lipinski definition) is 0. The Labute approximate surface area is 108 Å². The van der Waals surface area contributed by atoms with Gasteiger partial charge in [-0.25, -0.2) is 4.68 Å². The van der Waals surface area contributed by atoms with E-state index in [4.69, 9.17) is 0 Å². The molecule has 2 heterocycles. The topological polar surface area (TPSA) is 34.9 Å². The second-order valence-corrected chi connectivity index (χ2v) is 4.81. The van der Waals surface area contributed by atoms with E-state index in [1.54, 1.807) is 4.68 Å². The zero-order valence-electron chi connectivity index (χ0n) is 9.48. The van der Waals surface area contributed by atoms with Crippen molar-refractivity contribution in [2.45, 2.75) is 0 Å². The molecule has 2 aromatic heterocycles. The minimum Gasteiger partial charge on any atom is -0.297 e. The molecular weight excluding hydrogens is 244 g/mol. The van der Waals surface area contributed by atoms with E-state index in [9.17, 15) is 4.79 Å². The zero-order valence-corrected chi connectivity index (χ0v) is 10.3. The molecule has 3 rings (SSSR count). The number of thiophene rings is 1. The Morgan fingerprint density at radius 1 is 1.17 bits per heavy atom. The average molecular weight is 254 g/mol. The quantitative estimate of drug-likeness (QED) is 0.671. The molecule has 0 saturated carbocycles.